The lowest BCUT2D eigenvalue weighted by molar-refractivity contribution is -0.384. The van der Waals surface area contributed by atoms with Crippen LogP contribution in [0.4, 0.5) is 5.69 Å². The molecule has 0 radical (unpaired) electrons. The number of unbranched alkanes of at least 4 members (excludes halogenated alkanes) is 1. The first-order valence-corrected chi connectivity index (χ1v) is 13.4. The van der Waals surface area contributed by atoms with Crippen LogP contribution in [0.3, 0.4) is 0 Å². The van der Waals surface area contributed by atoms with Crippen molar-refractivity contribution in [1.82, 2.24) is 5.32 Å². The molecule has 40 heavy (non-hydrogen) atoms. The number of hydrogen-bond donors (Lipinski definition) is 1. The summed E-state index contributed by atoms with van der Waals surface area (Å²) in [5, 5.41) is 14.0. The third-order valence-electron chi connectivity index (χ3n) is 6.73. The number of rotatable bonds is 13. The number of carbonyl (C=O) groups is 1. The van der Waals surface area contributed by atoms with Crippen LogP contribution < -0.4 is 14.8 Å². The molecular weight excluding hydrogens is 504 g/mol. The molecule has 0 unspecified atom stereocenters. The van der Waals surface area contributed by atoms with Crippen molar-refractivity contribution < 1.29 is 19.2 Å². The summed E-state index contributed by atoms with van der Waals surface area (Å²) in [6.45, 7) is 4.85. The zero-order chi connectivity index (χ0) is 28.3. The lowest BCUT2D eigenvalue weighted by Crippen LogP contribution is -2.20. The number of hydrogen-bond acceptors (Lipinski definition) is 5. The maximum Gasteiger partial charge on any atom is 0.269 e. The molecule has 0 heterocycles. The molecule has 4 aromatic rings. The van der Waals surface area contributed by atoms with Gasteiger partial charge in [0.1, 0.15) is 24.7 Å². The van der Waals surface area contributed by atoms with E-state index in [1.165, 1.54) is 35.7 Å². The zero-order valence-electron chi connectivity index (χ0n) is 22.9. The van der Waals surface area contributed by atoms with Crippen LogP contribution in [0.1, 0.15) is 42.0 Å². The standard InChI is InChI=1S/C33H34N2O5/c1-24-29(14-9-16-32(24)27-11-4-3-5-12-27)23-39-31-18-17-28(13-6-7-19-34-25(2)36)33(21-31)40-22-26-10-8-15-30(20-26)35(37)38/h3-5,8-12,14-18,20-21H,6-7,13,19,22-23H2,1-2H3,(H,34,36). The van der Waals surface area contributed by atoms with Gasteiger partial charge in [0, 0.05) is 31.7 Å². The summed E-state index contributed by atoms with van der Waals surface area (Å²) in [6.07, 6.45) is 2.49. The highest BCUT2D eigenvalue weighted by Crippen LogP contribution is 2.30. The first-order valence-electron chi connectivity index (χ1n) is 13.4. The number of nitrogens with zero attached hydrogens (tertiary/aromatic N) is 1. The molecule has 0 saturated carbocycles. The average Bonchev–Trinajstić information content (AvgIpc) is 2.96. The van der Waals surface area contributed by atoms with E-state index in [1.54, 1.807) is 6.07 Å². The molecule has 206 valence electrons. The van der Waals surface area contributed by atoms with Gasteiger partial charge < -0.3 is 14.8 Å². The molecule has 1 N–H and O–H groups in total. The first-order chi connectivity index (χ1) is 19.4. The van der Waals surface area contributed by atoms with E-state index >= 15 is 0 Å². The number of ether oxygens (including phenoxy) is 2. The fourth-order valence-electron chi connectivity index (χ4n) is 4.52. The minimum absolute atomic E-state index is 0.0319. The first kappa shape index (κ1) is 28.4. The number of nitrogens with one attached hydrogen (secondary N) is 1. The molecule has 7 nitrogen and oxygen atoms in total. The molecule has 0 aromatic heterocycles. The van der Waals surface area contributed by atoms with Crippen LogP contribution in [-0.2, 0) is 24.4 Å². The molecule has 0 aliphatic carbocycles. The Morgan fingerprint density at radius 3 is 2.42 bits per heavy atom. The largest absolute Gasteiger partial charge is 0.489 e. The maximum atomic E-state index is 11.2. The summed E-state index contributed by atoms with van der Waals surface area (Å²) in [6, 6.07) is 28.8. The normalized spacial score (nSPS) is 10.7. The Bertz CT molecular complexity index is 1450. The topological polar surface area (TPSA) is 90.7 Å². The number of nitro benzene ring substituents is 1. The van der Waals surface area contributed by atoms with E-state index in [-0.39, 0.29) is 18.2 Å². The van der Waals surface area contributed by atoms with Crippen LogP contribution in [0.25, 0.3) is 11.1 Å². The third kappa shape index (κ3) is 7.93. The summed E-state index contributed by atoms with van der Waals surface area (Å²) in [4.78, 5) is 21.9. The Hall–Kier alpha value is -4.65. The summed E-state index contributed by atoms with van der Waals surface area (Å²) < 4.78 is 12.4. The van der Waals surface area contributed by atoms with E-state index in [1.807, 2.05) is 48.5 Å². The summed E-state index contributed by atoms with van der Waals surface area (Å²) in [5.74, 6) is 1.32. The Balaban J connectivity index is 1.48. The van der Waals surface area contributed by atoms with E-state index in [0.29, 0.717) is 30.2 Å². The predicted molar refractivity (Wildman–Crippen MR) is 156 cm³/mol. The molecule has 0 aliphatic heterocycles. The lowest BCUT2D eigenvalue weighted by atomic mass is 9.97. The van der Waals surface area contributed by atoms with Crippen LogP contribution in [-0.4, -0.2) is 17.4 Å². The highest BCUT2D eigenvalue weighted by Gasteiger charge is 2.11. The third-order valence-corrected chi connectivity index (χ3v) is 6.73. The highest BCUT2D eigenvalue weighted by atomic mass is 16.6. The van der Waals surface area contributed by atoms with Crippen LogP contribution >= 0.6 is 0 Å². The van der Waals surface area contributed by atoms with Crippen molar-refractivity contribution in [2.24, 2.45) is 0 Å². The lowest BCUT2D eigenvalue weighted by Gasteiger charge is -2.16. The minimum atomic E-state index is -0.409. The number of non-ortho nitro benzene ring substituents is 1. The van der Waals surface area contributed by atoms with Gasteiger partial charge in [0.25, 0.3) is 5.69 Å². The minimum Gasteiger partial charge on any atom is -0.489 e. The van der Waals surface area contributed by atoms with Gasteiger partial charge in [0.15, 0.2) is 0 Å². The number of aryl methyl sites for hydroxylation is 1. The highest BCUT2D eigenvalue weighted by molar-refractivity contribution is 5.72. The smallest absolute Gasteiger partial charge is 0.269 e. The second-order valence-electron chi connectivity index (χ2n) is 9.67. The molecule has 1 amide bonds. The van der Waals surface area contributed by atoms with E-state index < -0.39 is 4.92 Å². The molecule has 0 bridgehead atoms. The van der Waals surface area contributed by atoms with Crippen molar-refractivity contribution >= 4 is 11.6 Å². The van der Waals surface area contributed by atoms with Crippen LogP contribution in [0.5, 0.6) is 11.5 Å². The Morgan fingerprint density at radius 1 is 0.850 bits per heavy atom. The fraction of sp³-hybridized carbons (Fsp3) is 0.242. The number of amides is 1. The van der Waals surface area contributed by atoms with E-state index in [0.717, 1.165) is 30.4 Å². The molecule has 0 spiro atoms. The molecule has 0 aliphatic rings. The van der Waals surface area contributed by atoms with Gasteiger partial charge in [-0.15, -0.1) is 0 Å². The number of carbonyl (C=O) groups excluding carboxylic acids is 1. The number of nitro groups is 1. The summed E-state index contributed by atoms with van der Waals surface area (Å²) in [5.41, 5.74) is 6.38. The monoisotopic (exact) mass is 538 g/mol. The maximum absolute atomic E-state index is 11.2. The predicted octanol–water partition coefficient (Wildman–Crippen LogP) is 7.19. The van der Waals surface area contributed by atoms with Crippen LogP contribution in [0.15, 0.2) is 91.0 Å². The van der Waals surface area contributed by atoms with Crippen molar-refractivity contribution in [1.29, 1.82) is 0 Å². The van der Waals surface area contributed by atoms with Gasteiger partial charge in [-0.05, 0) is 65.6 Å². The fourth-order valence-corrected chi connectivity index (χ4v) is 4.52. The van der Waals surface area contributed by atoms with Crippen molar-refractivity contribution in [3.05, 3.63) is 123 Å². The summed E-state index contributed by atoms with van der Waals surface area (Å²) in [7, 11) is 0. The Labute approximate surface area is 234 Å². The van der Waals surface area contributed by atoms with Crippen LogP contribution in [0, 0.1) is 17.0 Å². The Morgan fingerprint density at radius 2 is 1.65 bits per heavy atom. The average molecular weight is 539 g/mol. The molecule has 4 aromatic carbocycles. The van der Waals surface area contributed by atoms with Gasteiger partial charge >= 0.3 is 0 Å². The second kappa shape index (κ2) is 13.9. The number of benzene rings is 4. The molecule has 0 atom stereocenters. The van der Waals surface area contributed by atoms with Crippen LogP contribution in [0.2, 0.25) is 0 Å². The van der Waals surface area contributed by atoms with Crippen molar-refractivity contribution in [3.8, 4) is 22.6 Å². The van der Waals surface area contributed by atoms with Gasteiger partial charge in [0.2, 0.25) is 5.91 Å². The van der Waals surface area contributed by atoms with Gasteiger partial charge in [-0.3, -0.25) is 14.9 Å². The van der Waals surface area contributed by atoms with E-state index in [9.17, 15) is 14.9 Å². The van der Waals surface area contributed by atoms with Gasteiger partial charge in [0.05, 0.1) is 4.92 Å². The van der Waals surface area contributed by atoms with Gasteiger partial charge in [-0.2, -0.15) is 0 Å². The van der Waals surface area contributed by atoms with E-state index in [2.05, 4.69) is 36.5 Å². The van der Waals surface area contributed by atoms with Crippen molar-refractivity contribution in [2.75, 3.05) is 6.54 Å². The molecular formula is C33H34N2O5. The SMILES string of the molecule is CC(=O)NCCCCc1ccc(OCc2cccc(-c3ccccc3)c2C)cc1OCc1cccc([N+](=O)[O-])c1. The quantitative estimate of drug-likeness (QED) is 0.111. The molecule has 0 fully saturated rings. The van der Waals surface area contributed by atoms with Crippen molar-refractivity contribution in [3.63, 3.8) is 0 Å². The van der Waals surface area contributed by atoms with Gasteiger partial charge in [-0.25, -0.2) is 0 Å². The Kier molecular flexibility index (Phi) is 9.88. The second-order valence-corrected chi connectivity index (χ2v) is 9.67. The van der Waals surface area contributed by atoms with Crippen molar-refractivity contribution in [2.45, 2.75) is 46.3 Å². The molecule has 0 saturated heterocycles. The van der Waals surface area contributed by atoms with Gasteiger partial charge in [-0.1, -0.05) is 66.7 Å². The molecule has 7 heteroatoms. The molecule has 4 rings (SSSR count). The summed E-state index contributed by atoms with van der Waals surface area (Å²) >= 11 is 0. The van der Waals surface area contributed by atoms with E-state index in [4.69, 9.17) is 9.47 Å². The zero-order valence-corrected chi connectivity index (χ0v) is 22.9.